The Kier molecular flexibility index (Phi) is 10.4. The van der Waals surface area contributed by atoms with Crippen LogP contribution in [0.25, 0.3) is 22.0 Å². The maximum atomic E-state index is 13.9. The molecule has 4 N–H and O–H groups in total. The van der Waals surface area contributed by atoms with Crippen molar-refractivity contribution in [1.82, 2.24) is 34.8 Å². The summed E-state index contributed by atoms with van der Waals surface area (Å²) in [5.41, 5.74) is 4.05. The maximum Gasteiger partial charge on any atom is 0.276 e. The van der Waals surface area contributed by atoms with E-state index in [0.29, 0.717) is 85.0 Å². The SMILES string of the molecule is COc1cc(-c2cn(C)c(=O)c3[nH]ncc23)cc(OC)c1C(=O)N1CCN(C(=O)CN2CCC(c3ccc(NC4CCC(O)NC4=O)cc3)CC2)CC1. The second-order valence-corrected chi connectivity index (χ2v) is 14.0. The molecule has 280 valence electrons. The number of ether oxygens (including phenoxy) is 2. The van der Waals surface area contributed by atoms with Crippen molar-refractivity contribution in [3.8, 4) is 22.6 Å². The van der Waals surface area contributed by atoms with Crippen LogP contribution >= 0.6 is 0 Å². The molecule has 15 nitrogen and oxygen atoms in total. The lowest BCUT2D eigenvalue weighted by Gasteiger charge is -2.37. The quantitative estimate of drug-likeness (QED) is 0.200. The van der Waals surface area contributed by atoms with Crippen LogP contribution in [0.5, 0.6) is 11.5 Å². The average Bonchev–Trinajstić information content (AvgIpc) is 3.68. The number of piperazine rings is 1. The van der Waals surface area contributed by atoms with Gasteiger partial charge in [0.25, 0.3) is 11.5 Å². The van der Waals surface area contributed by atoms with Crippen LogP contribution in [0.3, 0.4) is 0 Å². The lowest BCUT2D eigenvalue weighted by atomic mass is 9.89. The van der Waals surface area contributed by atoms with Crippen molar-refractivity contribution in [2.75, 3.05) is 65.3 Å². The highest BCUT2D eigenvalue weighted by molar-refractivity contribution is 6.02. The van der Waals surface area contributed by atoms with E-state index in [1.54, 1.807) is 36.5 Å². The number of amides is 3. The molecular weight excluding hydrogens is 680 g/mol. The zero-order valence-corrected chi connectivity index (χ0v) is 30.3. The van der Waals surface area contributed by atoms with Gasteiger partial charge in [-0.2, -0.15) is 5.10 Å². The normalized spacial score (nSPS) is 20.0. The number of nitrogens with zero attached hydrogens (tertiary/aromatic N) is 5. The molecule has 0 radical (unpaired) electrons. The van der Waals surface area contributed by atoms with Gasteiger partial charge in [0.2, 0.25) is 11.8 Å². The summed E-state index contributed by atoms with van der Waals surface area (Å²) < 4.78 is 12.9. The fourth-order valence-electron chi connectivity index (χ4n) is 7.68. The molecule has 3 fully saturated rings. The second-order valence-electron chi connectivity index (χ2n) is 14.0. The number of aliphatic hydroxyl groups is 1. The van der Waals surface area contributed by atoms with Crippen molar-refractivity contribution in [3.63, 3.8) is 0 Å². The third kappa shape index (κ3) is 7.44. The van der Waals surface area contributed by atoms with Gasteiger partial charge >= 0.3 is 0 Å². The van der Waals surface area contributed by atoms with Crippen molar-refractivity contribution in [2.24, 2.45) is 7.05 Å². The number of likely N-dealkylation sites (tertiary alicyclic amines) is 1. The number of piperidine rings is 2. The van der Waals surface area contributed by atoms with Crippen LogP contribution in [-0.2, 0) is 16.6 Å². The van der Waals surface area contributed by atoms with Crippen LogP contribution in [-0.4, -0.2) is 125 Å². The summed E-state index contributed by atoms with van der Waals surface area (Å²) in [6.07, 6.45) is 5.55. The van der Waals surface area contributed by atoms with Crippen molar-refractivity contribution in [2.45, 2.75) is 43.9 Å². The van der Waals surface area contributed by atoms with Crippen LogP contribution in [0.1, 0.15) is 47.5 Å². The lowest BCUT2D eigenvalue weighted by Crippen LogP contribution is -2.53. The second kappa shape index (κ2) is 15.3. The van der Waals surface area contributed by atoms with Gasteiger partial charge in [-0.15, -0.1) is 0 Å². The third-order valence-corrected chi connectivity index (χ3v) is 10.8. The van der Waals surface area contributed by atoms with Crippen molar-refractivity contribution in [3.05, 3.63) is 70.3 Å². The van der Waals surface area contributed by atoms with E-state index in [0.717, 1.165) is 37.2 Å². The first-order valence-corrected chi connectivity index (χ1v) is 18.1. The number of fused-ring (bicyclic) bond motifs is 1. The molecular formula is C38H46N8O7. The van der Waals surface area contributed by atoms with Crippen LogP contribution in [0, 0.1) is 0 Å². The number of aliphatic hydroxyl groups excluding tert-OH is 1. The Bertz CT molecular complexity index is 2020. The highest BCUT2D eigenvalue weighted by atomic mass is 16.5. The fraction of sp³-hybridized carbons (Fsp3) is 0.447. The van der Waals surface area contributed by atoms with E-state index in [-0.39, 0.29) is 29.3 Å². The smallest absolute Gasteiger partial charge is 0.276 e. The molecule has 0 aliphatic carbocycles. The van der Waals surface area contributed by atoms with Crippen LogP contribution < -0.4 is 25.7 Å². The Balaban J connectivity index is 0.919. The van der Waals surface area contributed by atoms with E-state index in [4.69, 9.17) is 9.47 Å². The topological polar surface area (TPSA) is 174 Å². The molecule has 15 heteroatoms. The van der Waals surface area contributed by atoms with Gasteiger partial charge in [-0.1, -0.05) is 12.1 Å². The number of aromatic amines is 1. The fourth-order valence-corrected chi connectivity index (χ4v) is 7.68. The minimum atomic E-state index is -0.770. The Morgan fingerprint density at radius 2 is 1.58 bits per heavy atom. The molecule has 0 spiro atoms. The summed E-state index contributed by atoms with van der Waals surface area (Å²) in [4.78, 5) is 57.8. The summed E-state index contributed by atoms with van der Waals surface area (Å²) >= 11 is 0. The Hall–Kier alpha value is -5.41. The molecule has 7 rings (SSSR count). The number of methoxy groups -OCH3 is 2. The Morgan fingerprint density at radius 3 is 2.23 bits per heavy atom. The molecule has 3 saturated heterocycles. The van der Waals surface area contributed by atoms with E-state index in [2.05, 4.69) is 37.9 Å². The first kappa shape index (κ1) is 36.0. The number of rotatable bonds is 9. The summed E-state index contributed by atoms with van der Waals surface area (Å²) in [5.74, 6) is 0.725. The van der Waals surface area contributed by atoms with Gasteiger partial charge in [0, 0.05) is 56.1 Å². The number of aromatic nitrogens is 3. The number of carbonyl (C=O) groups is 3. The predicted octanol–water partition coefficient (Wildman–Crippen LogP) is 2.12. The van der Waals surface area contributed by atoms with E-state index < -0.39 is 6.23 Å². The number of anilines is 1. The zero-order valence-electron chi connectivity index (χ0n) is 30.3. The Labute approximate surface area is 306 Å². The van der Waals surface area contributed by atoms with Crippen LogP contribution in [0.15, 0.2) is 53.6 Å². The van der Waals surface area contributed by atoms with E-state index in [1.807, 2.05) is 17.0 Å². The van der Waals surface area contributed by atoms with Crippen molar-refractivity contribution in [1.29, 1.82) is 0 Å². The molecule has 2 unspecified atom stereocenters. The van der Waals surface area contributed by atoms with Gasteiger partial charge < -0.3 is 39.6 Å². The maximum absolute atomic E-state index is 13.9. The van der Waals surface area contributed by atoms with E-state index in [1.165, 1.54) is 24.4 Å². The van der Waals surface area contributed by atoms with Crippen molar-refractivity contribution < 1.29 is 29.0 Å². The summed E-state index contributed by atoms with van der Waals surface area (Å²) in [6, 6.07) is 11.4. The number of benzene rings is 2. The molecule has 0 saturated carbocycles. The molecule has 53 heavy (non-hydrogen) atoms. The van der Waals surface area contributed by atoms with Gasteiger partial charge in [-0.05, 0) is 80.1 Å². The number of H-pyrrole nitrogens is 1. The third-order valence-electron chi connectivity index (χ3n) is 10.8. The number of hydrogen-bond acceptors (Lipinski definition) is 10. The summed E-state index contributed by atoms with van der Waals surface area (Å²) in [5, 5.41) is 22.9. The minimum absolute atomic E-state index is 0.0626. The number of aryl methyl sites for hydroxylation is 1. The van der Waals surface area contributed by atoms with Crippen molar-refractivity contribution >= 4 is 34.3 Å². The molecule has 3 aliphatic rings. The van der Waals surface area contributed by atoms with Gasteiger partial charge in [0.05, 0.1) is 27.0 Å². The van der Waals surface area contributed by atoms with Crippen LogP contribution in [0.4, 0.5) is 5.69 Å². The molecule has 4 aromatic rings. The molecule has 0 bridgehead atoms. The van der Waals surface area contributed by atoms with Crippen LogP contribution in [0.2, 0.25) is 0 Å². The number of nitrogens with one attached hydrogen (secondary N) is 3. The first-order chi connectivity index (χ1) is 25.6. The largest absolute Gasteiger partial charge is 0.496 e. The highest BCUT2D eigenvalue weighted by Gasteiger charge is 2.31. The number of carbonyl (C=O) groups excluding carboxylic acids is 3. The summed E-state index contributed by atoms with van der Waals surface area (Å²) in [7, 11) is 4.68. The molecule has 2 aromatic heterocycles. The van der Waals surface area contributed by atoms with Gasteiger partial charge in [0.1, 0.15) is 34.8 Å². The highest BCUT2D eigenvalue weighted by Crippen LogP contribution is 2.38. The van der Waals surface area contributed by atoms with Gasteiger partial charge in [-0.25, -0.2) is 0 Å². The average molecular weight is 727 g/mol. The standard InChI is InChI=1S/C38H46N8O7/c1-43-21-28(27-20-39-42-35(27)38(43)51)25-18-30(52-2)34(31(19-25)53-3)37(50)46-16-14-45(15-17-46)33(48)22-44-12-10-24(11-13-44)23-4-6-26(7-5-23)40-29-8-9-32(47)41-36(29)49/h4-7,18-21,24,29,32,40,47H,8-17,22H2,1-3H3,(H,39,42)(H,41,49). The molecule has 5 heterocycles. The predicted molar refractivity (Wildman–Crippen MR) is 198 cm³/mol. The minimum Gasteiger partial charge on any atom is -0.496 e. The molecule has 3 aliphatic heterocycles. The Morgan fingerprint density at radius 1 is 0.925 bits per heavy atom. The number of hydrogen-bond donors (Lipinski definition) is 4. The summed E-state index contributed by atoms with van der Waals surface area (Å²) in [6.45, 7) is 3.62. The zero-order chi connectivity index (χ0) is 37.2. The first-order valence-electron chi connectivity index (χ1n) is 18.1. The number of pyridine rings is 1. The van der Waals surface area contributed by atoms with E-state index >= 15 is 0 Å². The molecule has 2 aromatic carbocycles. The van der Waals surface area contributed by atoms with E-state index in [9.17, 15) is 24.3 Å². The van der Waals surface area contributed by atoms with Gasteiger partial charge in [-0.3, -0.25) is 29.2 Å². The molecule has 3 amide bonds. The molecule has 2 atom stereocenters. The lowest BCUT2D eigenvalue weighted by molar-refractivity contribution is -0.134. The van der Waals surface area contributed by atoms with Gasteiger partial charge in [0.15, 0.2) is 0 Å². The monoisotopic (exact) mass is 726 g/mol.